The lowest BCUT2D eigenvalue weighted by Gasteiger charge is -2.31. The summed E-state index contributed by atoms with van der Waals surface area (Å²) in [4.78, 5) is 24.6. The minimum absolute atomic E-state index is 0.0161. The lowest BCUT2D eigenvalue weighted by Crippen LogP contribution is -2.49. The minimum Gasteiger partial charge on any atom is -0.481 e. The topological polar surface area (TPSA) is 69.6 Å². The van der Waals surface area contributed by atoms with Crippen molar-refractivity contribution in [2.24, 2.45) is 11.8 Å². The van der Waals surface area contributed by atoms with Gasteiger partial charge in [-0.3, -0.25) is 4.79 Å². The van der Waals surface area contributed by atoms with Gasteiger partial charge in [-0.1, -0.05) is 13.3 Å². The first kappa shape index (κ1) is 13.2. The first-order valence-corrected chi connectivity index (χ1v) is 6.86. The highest BCUT2D eigenvalue weighted by atomic mass is 16.4. The summed E-state index contributed by atoms with van der Waals surface area (Å²) in [5.41, 5.74) is 0. The highest BCUT2D eigenvalue weighted by Crippen LogP contribution is 2.25. The van der Waals surface area contributed by atoms with Crippen LogP contribution in [0.1, 0.15) is 39.0 Å². The molecule has 5 nitrogen and oxygen atoms in total. The van der Waals surface area contributed by atoms with Crippen molar-refractivity contribution in [3.05, 3.63) is 0 Å². The lowest BCUT2D eigenvalue weighted by atomic mass is 9.97. The van der Waals surface area contributed by atoms with Crippen LogP contribution in [-0.4, -0.2) is 41.1 Å². The Morgan fingerprint density at radius 3 is 2.33 bits per heavy atom. The van der Waals surface area contributed by atoms with Crippen LogP contribution in [0.3, 0.4) is 0 Å². The van der Waals surface area contributed by atoms with Crippen molar-refractivity contribution in [3.63, 3.8) is 0 Å². The quantitative estimate of drug-likeness (QED) is 0.787. The largest absolute Gasteiger partial charge is 0.481 e. The number of hydrogen-bond donors (Lipinski definition) is 2. The van der Waals surface area contributed by atoms with E-state index in [1.807, 2.05) is 0 Å². The molecule has 0 aromatic heterocycles. The monoisotopic (exact) mass is 254 g/mol. The van der Waals surface area contributed by atoms with Crippen LogP contribution in [0.5, 0.6) is 0 Å². The molecule has 0 aromatic carbocycles. The van der Waals surface area contributed by atoms with E-state index in [1.165, 1.54) is 12.8 Å². The van der Waals surface area contributed by atoms with Crippen molar-refractivity contribution in [2.45, 2.75) is 45.1 Å². The van der Waals surface area contributed by atoms with Crippen LogP contribution < -0.4 is 5.32 Å². The van der Waals surface area contributed by atoms with E-state index in [9.17, 15) is 9.59 Å². The highest BCUT2D eigenvalue weighted by molar-refractivity contribution is 5.75. The molecule has 2 fully saturated rings. The lowest BCUT2D eigenvalue weighted by molar-refractivity contribution is -0.143. The van der Waals surface area contributed by atoms with Crippen LogP contribution in [0.15, 0.2) is 0 Å². The molecule has 18 heavy (non-hydrogen) atoms. The normalized spacial score (nSPS) is 29.3. The van der Waals surface area contributed by atoms with Crippen molar-refractivity contribution >= 4 is 12.0 Å². The Hall–Kier alpha value is -1.26. The van der Waals surface area contributed by atoms with Crippen molar-refractivity contribution in [2.75, 3.05) is 13.1 Å². The Morgan fingerprint density at radius 2 is 1.83 bits per heavy atom. The van der Waals surface area contributed by atoms with Gasteiger partial charge >= 0.3 is 12.0 Å². The molecule has 0 radical (unpaired) electrons. The fourth-order valence-corrected chi connectivity index (χ4v) is 2.94. The zero-order valence-electron chi connectivity index (χ0n) is 10.9. The second kappa shape index (κ2) is 5.59. The molecule has 0 spiro atoms. The van der Waals surface area contributed by atoms with E-state index < -0.39 is 5.97 Å². The number of carboxylic acids is 1. The molecule has 2 aliphatic rings. The van der Waals surface area contributed by atoms with Gasteiger partial charge in [0, 0.05) is 19.1 Å². The standard InChI is InChI=1S/C13H22N2O3/c1-9-3-2-4-11(9)14-13(18)15-7-5-10(6-8-15)12(16)17/h9-11H,2-8H2,1H3,(H,14,18)(H,16,17). The first-order valence-electron chi connectivity index (χ1n) is 6.86. The second-order valence-electron chi connectivity index (χ2n) is 5.56. The van der Waals surface area contributed by atoms with Gasteiger partial charge in [-0.15, -0.1) is 0 Å². The van der Waals surface area contributed by atoms with E-state index in [-0.39, 0.29) is 11.9 Å². The number of carboxylic acid groups (broad SMARTS) is 1. The number of urea groups is 1. The molecule has 1 aliphatic heterocycles. The van der Waals surface area contributed by atoms with E-state index >= 15 is 0 Å². The number of amides is 2. The molecule has 2 N–H and O–H groups in total. The van der Waals surface area contributed by atoms with Crippen LogP contribution >= 0.6 is 0 Å². The summed E-state index contributed by atoms with van der Waals surface area (Å²) in [7, 11) is 0. The van der Waals surface area contributed by atoms with Gasteiger partial charge in [0.25, 0.3) is 0 Å². The number of carbonyl (C=O) groups excluding carboxylic acids is 1. The molecule has 1 heterocycles. The van der Waals surface area contributed by atoms with Gasteiger partial charge in [0.05, 0.1) is 5.92 Å². The van der Waals surface area contributed by atoms with Crippen molar-refractivity contribution in [1.29, 1.82) is 0 Å². The number of hydrogen-bond acceptors (Lipinski definition) is 2. The Labute approximate surface area is 108 Å². The number of piperidine rings is 1. The molecule has 2 atom stereocenters. The molecule has 1 saturated heterocycles. The Bertz CT molecular complexity index is 324. The van der Waals surface area contributed by atoms with Crippen LogP contribution in [0.4, 0.5) is 4.79 Å². The average Bonchev–Trinajstić information content (AvgIpc) is 2.75. The van der Waals surface area contributed by atoms with Crippen LogP contribution in [-0.2, 0) is 4.79 Å². The summed E-state index contributed by atoms with van der Waals surface area (Å²) in [6, 6.07) is 0.285. The maximum Gasteiger partial charge on any atom is 0.317 e. The number of rotatable bonds is 2. The van der Waals surface area contributed by atoms with Gasteiger partial charge in [0.2, 0.25) is 0 Å². The number of nitrogens with one attached hydrogen (secondary N) is 1. The molecule has 1 saturated carbocycles. The molecule has 1 aliphatic carbocycles. The zero-order valence-corrected chi connectivity index (χ0v) is 10.9. The zero-order chi connectivity index (χ0) is 13.1. The Kier molecular flexibility index (Phi) is 4.09. The molecule has 0 aromatic rings. The smallest absolute Gasteiger partial charge is 0.317 e. The maximum atomic E-state index is 12.0. The van der Waals surface area contributed by atoms with E-state index in [4.69, 9.17) is 5.11 Å². The predicted octanol–water partition coefficient (Wildman–Crippen LogP) is 1.68. The van der Waals surface area contributed by atoms with E-state index in [0.29, 0.717) is 37.9 Å². The van der Waals surface area contributed by atoms with Gasteiger partial charge in [-0.05, 0) is 31.6 Å². The van der Waals surface area contributed by atoms with Gasteiger partial charge < -0.3 is 15.3 Å². The van der Waals surface area contributed by atoms with E-state index in [0.717, 1.165) is 6.42 Å². The van der Waals surface area contributed by atoms with Crippen molar-refractivity contribution in [3.8, 4) is 0 Å². The summed E-state index contributed by atoms with van der Waals surface area (Å²) in [6.45, 7) is 3.29. The summed E-state index contributed by atoms with van der Waals surface area (Å²) in [6.07, 6.45) is 4.59. The third-order valence-electron chi connectivity index (χ3n) is 4.30. The first-order chi connectivity index (χ1) is 8.58. The molecule has 2 rings (SSSR count). The van der Waals surface area contributed by atoms with Crippen molar-refractivity contribution < 1.29 is 14.7 Å². The SMILES string of the molecule is CC1CCCC1NC(=O)N1CCC(C(=O)O)CC1. The summed E-state index contributed by atoms with van der Waals surface area (Å²) >= 11 is 0. The molecule has 5 heteroatoms. The summed E-state index contributed by atoms with van der Waals surface area (Å²) in [5, 5.41) is 12.0. The molecular formula is C13H22N2O3. The van der Waals surface area contributed by atoms with Gasteiger partial charge in [0.15, 0.2) is 0 Å². The predicted molar refractivity (Wildman–Crippen MR) is 67.3 cm³/mol. The number of carbonyl (C=O) groups is 2. The number of likely N-dealkylation sites (tertiary alicyclic amines) is 1. The highest BCUT2D eigenvalue weighted by Gasteiger charge is 2.30. The van der Waals surface area contributed by atoms with Crippen LogP contribution in [0.2, 0.25) is 0 Å². The fourth-order valence-electron chi connectivity index (χ4n) is 2.94. The third-order valence-corrected chi connectivity index (χ3v) is 4.30. The minimum atomic E-state index is -0.737. The summed E-state index contributed by atoms with van der Waals surface area (Å²) < 4.78 is 0. The summed E-state index contributed by atoms with van der Waals surface area (Å²) in [5.74, 6) is -0.454. The third kappa shape index (κ3) is 2.94. The molecule has 102 valence electrons. The average molecular weight is 254 g/mol. The number of nitrogens with zero attached hydrogens (tertiary/aromatic N) is 1. The number of aliphatic carboxylic acids is 1. The maximum absolute atomic E-state index is 12.0. The molecule has 2 unspecified atom stereocenters. The van der Waals surface area contributed by atoms with Crippen molar-refractivity contribution in [1.82, 2.24) is 10.2 Å². The molecule has 0 bridgehead atoms. The van der Waals surface area contributed by atoms with Crippen LogP contribution in [0, 0.1) is 11.8 Å². The van der Waals surface area contributed by atoms with Gasteiger partial charge in [-0.25, -0.2) is 4.79 Å². The Morgan fingerprint density at radius 1 is 1.17 bits per heavy atom. The van der Waals surface area contributed by atoms with E-state index in [1.54, 1.807) is 4.90 Å². The molecular weight excluding hydrogens is 232 g/mol. The molecule has 2 amide bonds. The van der Waals surface area contributed by atoms with E-state index in [2.05, 4.69) is 12.2 Å². The van der Waals surface area contributed by atoms with Crippen LogP contribution in [0.25, 0.3) is 0 Å². The van der Waals surface area contributed by atoms with Gasteiger partial charge in [-0.2, -0.15) is 0 Å². The van der Waals surface area contributed by atoms with Gasteiger partial charge in [0.1, 0.15) is 0 Å². The fraction of sp³-hybridized carbons (Fsp3) is 0.846. The second-order valence-corrected chi connectivity index (χ2v) is 5.56. The Balaban J connectivity index is 1.79.